The summed E-state index contributed by atoms with van der Waals surface area (Å²) in [5.74, 6) is 0. The van der Waals surface area contributed by atoms with Crippen molar-refractivity contribution in [1.29, 1.82) is 0 Å². The Morgan fingerprint density at radius 2 is 1.16 bits per heavy atom. The number of fused-ring (bicyclic) bond motifs is 3. The summed E-state index contributed by atoms with van der Waals surface area (Å²) >= 11 is 13.8. The van der Waals surface area contributed by atoms with Crippen LogP contribution in [0.15, 0.2) is 0 Å². The Kier molecular flexibility index (Phi) is 11.6. The van der Waals surface area contributed by atoms with Crippen LogP contribution in [0.5, 0.6) is 0 Å². The zero-order chi connectivity index (χ0) is 19.8. The summed E-state index contributed by atoms with van der Waals surface area (Å²) in [5, 5.41) is 39.7. The largest absolute Gasteiger partial charge is 0.474 e. The third kappa shape index (κ3) is 9.67. The van der Waals surface area contributed by atoms with Crippen LogP contribution in [0, 0.1) is 10.8 Å². The van der Waals surface area contributed by atoms with Crippen molar-refractivity contribution in [2.45, 2.75) is 0 Å². The molecule has 0 saturated carbocycles. The number of hydrogen-bond acceptors (Lipinski definition) is 10. The van der Waals surface area contributed by atoms with Crippen LogP contribution in [0.3, 0.4) is 0 Å². The molecule has 0 aromatic heterocycles. The molecular weight excluding hydrogens is 448 g/mol. The first-order valence-corrected chi connectivity index (χ1v) is 12.6. The fourth-order valence-electron chi connectivity index (χ4n) is 1.32. The zero-order valence-electron chi connectivity index (χ0n) is 13.0. The SMILES string of the molecule is O=P(Cl)(Cl)Cl.O=P12OCC(CO)(CO1)CO2.OCC(CO)(CO)CO. The molecule has 2 bridgehead atoms. The monoisotopic (exact) mass is 468 g/mol. The maximum absolute atomic E-state index is 11.1. The quantitative estimate of drug-likeness (QED) is 0.366. The van der Waals surface area contributed by atoms with Gasteiger partial charge in [0.2, 0.25) is 0 Å². The highest BCUT2D eigenvalue weighted by molar-refractivity contribution is 8.24. The van der Waals surface area contributed by atoms with Crippen LogP contribution < -0.4 is 0 Å². The van der Waals surface area contributed by atoms with Gasteiger partial charge in [0.1, 0.15) is 0 Å². The molecule has 152 valence electrons. The molecule has 0 spiro atoms. The Hall–Kier alpha value is 1.01. The number of phosphoric ester groups is 1. The highest BCUT2D eigenvalue weighted by Gasteiger charge is 2.50. The molecule has 0 atom stereocenters. The highest BCUT2D eigenvalue weighted by atomic mass is 36.0. The van der Waals surface area contributed by atoms with E-state index >= 15 is 0 Å². The molecular formula is C10H21Cl3O10P2. The van der Waals surface area contributed by atoms with Gasteiger partial charge in [-0.1, -0.05) is 0 Å². The minimum absolute atomic E-state index is 0.0625. The van der Waals surface area contributed by atoms with E-state index in [2.05, 4.69) is 33.7 Å². The van der Waals surface area contributed by atoms with Gasteiger partial charge in [-0.3, -0.25) is 18.1 Å². The summed E-state index contributed by atoms with van der Waals surface area (Å²) in [6.45, 7) is -0.894. The van der Waals surface area contributed by atoms with Crippen LogP contribution >= 0.6 is 46.7 Å². The van der Waals surface area contributed by atoms with E-state index in [9.17, 15) is 9.13 Å². The first-order chi connectivity index (χ1) is 11.4. The van der Waals surface area contributed by atoms with E-state index in [1.165, 1.54) is 0 Å². The van der Waals surface area contributed by atoms with Crippen molar-refractivity contribution < 1.29 is 48.2 Å². The van der Waals surface area contributed by atoms with Gasteiger partial charge < -0.3 is 25.5 Å². The van der Waals surface area contributed by atoms with Gasteiger partial charge in [0, 0.05) is 0 Å². The van der Waals surface area contributed by atoms with Crippen molar-refractivity contribution in [3.63, 3.8) is 0 Å². The lowest BCUT2D eigenvalue weighted by Gasteiger charge is -2.42. The Balaban J connectivity index is 0.000000374. The predicted octanol–water partition coefficient (Wildman–Crippen LogP) is 0.903. The van der Waals surface area contributed by atoms with Crippen LogP contribution in [0.4, 0.5) is 0 Å². The van der Waals surface area contributed by atoms with Gasteiger partial charge in [-0.05, 0) is 33.7 Å². The second kappa shape index (κ2) is 11.1. The summed E-state index contributed by atoms with van der Waals surface area (Å²) in [6.07, 6.45) is 0. The number of hydrogen-bond donors (Lipinski definition) is 5. The van der Waals surface area contributed by atoms with Crippen LogP contribution in [-0.4, -0.2) is 78.4 Å². The van der Waals surface area contributed by atoms with Crippen molar-refractivity contribution in [2.75, 3.05) is 52.9 Å². The molecule has 10 nitrogen and oxygen atoms in total. The van der Waals surface area contributed by atoms with Gasteiger partial charge >= 0.3 is 13.0 Å². The molecule has 3 saturated heterocycles. The van der Waals surface area contributed by atoms with Gasteiger partial charge in [0.25, 0.3) is 0 Å². The summed E-state index contributed by atoms with van der Waals surface area (Å²) in [4.78, 5) is 0. The molecule has 0 aromatic carbocycles. The fourth-order valence-corrected chi connectivity index (χ4v) is 2.84. The molecule has 0 amide bonds. The van der Waals surface area contributed by atoms with Gasteiger partial charge in [0.05, 0.1) is 63.7 Å². The maximum Gasteiger partial charge on any atom is 0.474 e. The molecule has 0 unspecified atom stereocenters. The summed E-state index contributed by atoms with van der Waals surface area (Å²) in [6, 6.07) is 0. The summed E-state index contributed by atoms with van der Waals surface area (Å²) < 4.78 is 35.1. The van der Waals surface area contributed by atoms with E-state index < -0.39 is 50.3 Å². The average Bonchev–Trinajstić information content (AvgIpc) is 2.58. The number of aliphatic hydroxyl groups excluding tert-OH is 5. The second-order valence-electron chi connectivity index (χ2n) is 5.46. The van der Waals surface area contributed by atoms with Gasteiger partial charge in [-0.25, -0.2) is 4.57 Å². The number of rotatable bonds is 5. The van der Waals surface area contributed by atoms with Crippen molar-refractivity contribution >= 4 is 46.7 Å². The number of aliphatic hydroxyl groups is 5. The minimum Gasteiger partial charge on any atom is -0.396 e. The van der Waals surface area contributed by atoms with E-state index in [0.717, 1.165) is 0 Å². The van der Waals surface area contributed by atoms with Crippen LogP contribution in [-0.2, 0) is 22.7 Å². The molecule has 3 heterocycles. The minimum atomic E-state index is -3.22. The molecule has 3 aliphatic rings. The molecule has 0 aromatic rings. The topological polar surface area (TPSA) is 163 Å². The van der Waals surface area contributed by atoms with E-state index in [4.69, 9.17) is 39.1 Å². The van der Waals surface area contributed by atoms with Gasteiger partial charge in [-0.2, -0.15) is 0 Å². The fraction of sp³-hybridized carbons (Fsp3) is 1.00. The Morgan fingerprint density at radius 3 is 1.32 bits per heavy atom. The molecule has 3 rings (SSSR count). The molecule has 3 aliphatic heterocycles. The molecule has 0 radical (unpaired) electrons. The summed E-state index contributed by atoms with van der Waals surface area (Å²) in [5.41, 5.74) is -1.59. The van der Waals surface area contributed by atoms with Crippen LogP contribution in [0.2, 0.25) is 0 Å². The molecule has 25 heavy (non-hydrogen) atoms. The van der Waals surface area contributed by atoms with Crippen molar-refractivity contribution in [3.8, 4) is 0 Å². The Labute approximate surface area is 158 Å². The lowest BCUT2D eigenvalue weighted by molar-refractivity contribution is -0.114. The van der Waals surface area contributed by atoms with E-state index in [1.807, 2.05) is 0 Å². The van der Waals surface area contributed by atoms with Crippen LogP contribution in [0.1, 0.15) is 0 Å². The predicted molar refractivity (Wildman–Crippen MR) is 90.9 cm³/mol. The van der Waals surface area contributed by atoms with E-state index in [-0.39, 0.29) is 26.4 Å². The van der Waals surface area contributed by atoms with Crippen LogP contribution in [0.25, 0.3) is 0 Å². The first kappa shape index (κ1) is 26.0. The van der Waals surface area contributed by atoms with Crippen molar-refractivity contribution in [2.24, 2.45) is 10.8 Å². The maximum atomic E-state index is 11.1. The zero-order valence-corrected chi connectivity index (χ0v) is 17.0. The third-order valence-electron chi connectivity index (χ3n) is 3.26. The lowest BCUT2D eigenvalue weighted by Crippen LogP contribution is -2.47. The smallest absolute Gasteiger partial charge is 0.396 e. The van der Waals surface area contributed by atoms with Gasteiger partial charge in [-0.15, -0.1) is 0 Å². The Morgan fingerprint density at radius 1 is 0.880 bits per heavy atom. The molecule has 0 aliphatic carbocycles. The standard InChI is InChI=1S/C5H9O5P.C5H12O4.Cl3OP/c6-1-5-2-8-11(7,9-3-5)10-4-5;6-1-5(2-7,3-8)4-9;1-5(2,3)4/h6H,1-4H2;6-9H,1-4H2;. The van der Waals surface area contributed by atoms with E-state index in [1.54, 1.807) is 0 Å². The van der Waals surface area contributed by atoms with Crippen molar-refractivity contribution in [3.05, 3.63) is 0 Å². The molecule has 5 N–H and O–H groups in total. The first-order valence-electron chi connectivity index (χ1n) is 6.70. The molecule has 15 heteroatoms. The third-order valence-corrected chi connectivity index (χ3v) is 4.60. The lowest BCUT2D eigenvalue weighted by atomic mass is 9.93. The van der Waals surface area contributed by atoms with E-state index in [0.29, 0.717) is 0 Å². The average molecular weight is 470 g/mol. The Bertz CT molecular complexity index is 427. The highest BCUT2D eigenvalue weighted by Crippen LogP contribution is 2.61. The van der Waals surface area contributed by atoms with Gasteiger partial charge in [0.15, 0.2) is 0 Å². The summed E-state index contributed by atoms with van der Waals surface area (Å²) in [7, 11) is -3.20. The number of phosphoric acid groups is 1. The normalized spacial score (nSPS) is 28.5. The van der Waals surface area contributed by atoms with Crippen molar-refractivity contribution in [1.82, 2.24) is 0 Å². The second-order valence-corrected chi connectivity index (χ2v) is 13.8. The number of halogens is 3. The molecule has 3 fully saturated rings.